The summed E-state index contributed by atoms with van der Waals surface area (Å²) in [5.74, 6) is 0. The molecule has 5 heavy (non-hydrogen) atoms. The third-order valence-electron chi connectivity index (χ3n) is 0.0962. The molecule has 0 aliphatic heterocycles. The van der Waals surface area contributed by atoms with Crippen LogP contribution in [0.25, 0.3) is 0 Å². The summed E-state index contributed by atoms with van der Waals surface area (Å²) in [7, 11) is 1.31. The molecule has 0 fully saturated rings. The maximum Gasteiger partial charge on any atom is 0.292 e. The van der Waals surface area contributed by atoms with Gasteiger partial charge >= 0.3 is 0 Å². The van der Waals surface area contributed by atoms with Crippen molar-refractivity contribution in [1.29, 1.82) is 0 Å². The van der Waals surface area contributed by atoms with E-state index in [1.165, 1.54) is 7.11 Å². The number of ether oxygens (including phenoxy) is 1. The van der Waals surface area contributed by atoms with Crippen molar-refractivity contribution in [2.24, 2.45) is 0 Å². The van der Waals surface area contributed by atoms with Crippen LogP contribution in [0.1, 0.15) is 0 Å². The van der Waals surface area contributed by atoms with E-state index in [1.807, 2.05) is 0 Å². The summed E-state index contributed by atoms with van der Waals surface area (Å²) in [6.45, 7) is 0.375. The van der Waals surface area contributed by atoms with Gasteiger partial charge in [0.25, 0.3) is 6.47 Å². The Hall–Kier alpha value is 0.730. The van der Waals surface area contributed by atoms with Gasteiger partial charge in [-0.05, 0) is 0 Å². The number of carbonyl (C=O) groups is 1. The molecule has 0 rings (SSSR count). The van der Waals surface area contributed by atoms with E-state index in [1.54, 1.807) is 0 Å². The Bertz CT molecular complexity index is 21.6. The molecule has 0 aromatic rings. The average molecular weight is 100 g/mol. The Balaban J connectivity index is 0. The van der Waals surface area contributed by atoms with Crippen LogP contribution < -0.4 is 0 Å². The first-order chi connectivity index (χ1) is 1.91. The van der Waals surface area contributed by atoms with Crippen LogP contribution in [-0.2, 0) is 9.53 Å². The van der Waals surface area contributed by atoms with Gasteiger partial charge < -0.3 is 4.74 Å². The summed E-state index contributed by atoms with van der Waals surface area (Å²) >= 11 is 0. The van der Waals surface area contributed by atoms with E-state index in [0.717, 1.165) is 0 Å². The molecule has 0 spiro atoms. The molecule has 0 bridgehead atoms. The van der Waals surface area contributed by atoms with Crippen molar-refractivity contribution >= 4 is 44.2 Å². The fraction of sp³-hybridized carbons (Fsp3) is 0.500. The number of carbonyl (C=O) groups excluding carboxylic acids is 1. The molecule has 0 saturated heterocycles. The molecule has 0 heterocycles. The van der Waals surface area contributed by atoms with Gasteiger partial charge in [0.1, 0.15) is 0 Å². The summed E-state index contributed by atoms with van der Waals surface area (Å²) < 4.78 is 3.86. The summed E-state index contributed by atoms with van der Waals surface area (Å²) in [4.78, 5) is 8.95. The first kappa shape index (κ1) is 9.21. The molecule has 0 aliphatic rings. The Morgan fingerprint density at radius 3 is 2.00 bits per heavy atom. The Morgan fingerprint density at radius 2 is 2.00 bits per heavy atom. The molecule has 0 aromatic heterocycles. The van der Waals surface area contributed by atoms with E-state index in [0.29, 0.717) is 6.47 Å². The standard InChI is InChI=1S/C2H4O2.Ca/c1-4-2-3;/h2H,1H3;. The molecule has 0 unspecified atom stereocenters. The van der Waals surface area contributed by atoms with Gasteiger partial charge in [-0.2, -0.15) is 0 Å². The molecule has 3 heteroatoms. The minimum atomic E-state index is 0. The third-order valence-corrected chi connectivity index (χ3v) is 0.0962. The summed E-state index contributed by atoms with van der Waals surface area (Å²) in [5.41, 5.74) is 0. The number of methoxy groups -OCH3 is 1. The van der Waals surface area contributed by atoms with Crippen molar-refractivity contribution in [1.82, 2.24) is 0 Å². The van der Waals surface area contributed by atoms with Gasteiger partial charge in [0.2, 0.25) is 0 Å². The largest absolute Gasteiger partial charge is 0.471 e. The van der Waals surface area contributed by atoms with Gasteiger partial charge in [-0.25, -0.2) is 0 Å². The topological polar surface area (TPSA) is 26.3 Å². The van der Waals surface area contributed by atoms with Crippen LogP contribution in [0.3, 0.4) is 0 Å². The summed E-state index contributed by atoms with van der Waals surface area (Å²) in [5, 5.41) is 0. The second-order valence-corrected chi connectivity index (χ2v) is 0.332. The van der Waals surface area contributed by atoms with E-state index in [4.69, 9.17) is 4.79 Å². The van der Waals surface area contributed by atoms with Gasteiger partial charge in [0.05, 0.1) is 7.11 Å². The van der Waals surface area contributed by atoms with Crippen molar-refractivity contribution in [2.45, 2.75) is 0 Å². The molecular weight excluding hydrogens is 96.1 g/mol. The molecular formula is C2H4CaO2. The van der Waals surface area contributed by atoms with Crippen molar-refractivity contribution in [3.63, 3.8) is 0 Å². The minimum absolute atomic E-state index is 0. The van der Waals surface area contributed by atoms with Gasteiger partial charge in [0, 0.05) is 37.7 Å². The van der Waals surface area contributed by atoms with Crippen molar-refractivity contribution in [2.75, 3.05) is 7.11 Å². The van der Waals surface area contributed by atoms with Crippen LogP contribution in [0.4, 0.5) is 0 Å². The van der Waals surface area contributed by atoms with Gasteiger partial charge in [-0.15, -0.1) is 0 Å². The van der Waals surface area contributed by atoms with Crippen LogP contribution >= 0.6 is 0 Å². The molecule has 0 atom stereocenters. The molecule has 0 aliphatic carbocycles. The van der Waals surface area contributed by atoms with E-state index >= 15 is 0 Å². The zero-order valence-corrected chi connectivity index (χ0v) is 5.31. The van der Waals surface area contributed by atoms with Crippen LogP contribution in [0.15, 0.2) is 0 Å². The Morgan fingerprint density at radius 1 is 1.80 bits per heavy atom. The summed E-state index contributed by atoms with van der Waals surface area (Å²) in [6, 6.07) is 0. The number of hydrogen-bond acceptors (Lipinski definition) is 2. The van der Waals surface area contributed by atoms with E-state index in [2.05, 4.69) is 4.74 Å². The van der Waals surface area contributed by atoms with E-state index in [-0.39, 0.29) is 37.7 Å². The SMILES string of the molecule is COC=O.[Ca]. The van der Waals surface area contributed by atoms with Gasteiger partial charge in [-0.3, -0.25) is 4.79 Å². The zero-order valence-electron chi connectivity index (χ0n) is 3.10. The van der Waals surface area contributed by atoms with E-state index in [9.17, 15) is 0 Å². The van der Waals surface area contributed by atoms with Gasteiger partial charge in [0.15, 0.2) is 0 Å². The minimum Gasteiger partial charge on any atom is -0.471 e. The predicted molar refractivity (Wildman–Crippen MR) is 18.8 cm³/mol. The van der Waals surface area contributed by atoms with Crippen LogP contribution in [0, 0.1) is 0 Å². The van der Waals surface area contributed by atoms with Crippen LogP contribution in [0.2, 0.25) is 0 Å². The second kappa shape index (κ2) is 8.83. The Kier molecular flexibility index (Phi) is 16.3. The summed E-state index contributed by atoms with van der Waals surface area (Å²) in [6.07, 6.45) is 0. The maximum absolute atomic E-state index is 8.95. The molecule has 26 valence electrons. The molecule has 0 N–H and O–H groups in total. The molecule has 0 saturated carbocycles. The smallest absolute Gasteiger partial charge is 0.292 e. The monoisotopic (exact) mass is 100.0 g/mol. The molecule has 0 aromatic carbocycles. The molecule has 2 nitrogen and oxygen atoms in total. The van der Waals surface area contributed by atoms with Crippen molar-refractivity contribution in [3.8, 4) is 0 Å². The number of rotatable bonds is 1. The first-order valence-electron chi connectivity index (χ1n) is 0.880. The fourth-order valence-corrected chi connectivity index (χ4v) is 0. The fourth-order valence-electron chi connectivity index (χ4n) is 0. The predicted octanol–water partition coefficient (Wildman–Crippen LogP) is -0.592. The first-order valence-corrected chi connectivity index (χ1v) is 0.880. The van der Waals surface area contributed by atoms with Crippen LogP contribution in [-0.4, -0.2) is 51.3 Å². The number of hydrogen-bond donors (Lipinski definition) is 0. The Labute approximate surface area is 60.5 Å². The third kappa shape index (κ3) is 11.8. The van der Waals surface area contributed by atoms with E-state index < -0.39 is 0 Å². The average Bonchev–Trinajstić information content (AvgIpc) is 1.37. The second-order valence-electron chi connectivity index (χ2n) is 0.332. The normalized spacial score (nSPS) is 4.20. The van der Waals surface area contributed by atoms with Crippen molar-refractivity contribution in [3.05, 3.63) is 0 Å². The van der Waals surface area contributed by atoms with Crippen LogP contribution in [0.5, 0.6) is 0 Å². The van der Waals surface area contributed by atoms with Crippen molar-refractivity contribution < 1.29 is 9.53 Å². The van der Waals surface area contributed by atoms with Gasteiger partial charge in [-0.1, -0.05) is 0 Å². The zero-order chi connectivity index (χ0) is 3.41. The molecule has 0 amide bonds. The quantitative estimate of drug-likeness (QED) is 0.325. The molecule has 2 radical (unpaired) electrons. The maximum atomic E-state index is 8.95.